The van der Waals surface area contributed by atoms with Crippen LogP contribution >= 0.6 is 11.8 Å². The zero-order valence-corrected chi connectivity index (χ0v) is 20.6. The molecule has 0 saturated heterocycles. The van der Waals surface area contributed by atoms with Crippen molar-refractivity contribution in [1.29, 1.82) is 0 Å². The molecule has 0 unspecified atom stereocenters. The van der Waals surface area contributed by atoms with Crippen molar-refractivity contribution >= 4 is 23.4 Å². The van der Waals surface area contributed by atoms with Gasteiger partial charge in [0, 0.05) is 16.9 Å². The third-order valence-electron chi connectivity index (χ3n) is 5.15. The molecule has 1 heterocycles. The van der Waals surface area contributed by atoms with Gasteiger partial charge in [0.15, 0.2) is 11.0 Å². The van der Waals surface area contributed by atoms with Crippen LogP contribution in [0.15, 0.2) is 71.9 Å². The molecule has 34 heavy (non-hydrogen) atoms. The Labute approximate surface area is 204 Å². The second-order valence-electron chi connectivity index (χ2n) is 8.15. The van der Waals surface area contributed by atoms with E-state index >= 15 is 0 Å². The Morgan fingerprint density at radius 2 is 1.68 bits per heavy atom. The fraction of sp³-hybridized carbons (Fsp3) is 0.222. The van der Waals surface area contributed by atoms with Crippen molar-refractivity contribution in [2.75, 3.05) is 17.7 Å². The van der Waals surface area contributed by atoms with Gasteiger partial charge in [-0.25, -0.2) is 0 Å². The molecule has 1 aromatic heterocycles. The van der Waals surface area contributed by atoms with E-state index in [9.17, 15) is 4.79 Å². The molecule has 0 aliphatic rings. The van der Waals surface area contributed by atoms with Crippen LogP contribution in [0, 0.1) is 20.8 Å². The summed E-state index contributed by atoms with van der Waals surface area (Å²) >= 11 is 1.36. The molecular formula is C27H28N4O2S. The Morgan fingerprint density at radius 1 is 0.941 bits per heavy atom. The number of benzene rings is 3. The van der Waals surface area contributed by atoms with Crippen molar-refractivity contribution < 1.29 is 9.53 Å². The molecule has 0 atom stereocenters. The van der Waals surface area contributed by atoms with Gasteiger partial charge in [0.05, 0.1) is 12.4 Å². The SMILES string of the molecule is CCOc1ccc(-n2c(SCC(=O)Nc3cc(C)cc(C)c3)nnc2-c2cccc(C)c2)cc1. The molecule has 1 N–H and O–H groups in total. The first-order chi connectivity index (χ1) is 16.4. The number of anilines is 1. The van der Waals surface area contributed by atoms with E-state index in [1.165, 1.54) is 11.8 Å². The van der Waals surface area contributed by atoms with Gasteiger partial charge in [0.1, 0.15) is 5.75 Å². The summed E-state index contributed by atoms with van der Waals surface area (Å²) in [5.74, 6) is 1.66. The number of thioether (sulfide) groups is 1. The number of aromatic nitrogens is 3. The number of amides is 1. The highest BCUT2D eigenvalue weighted by Gasteiger charge is 2.18. The van der Waals surface area contributed by atoms with Crippen LogP contribution < -0.4 is 10.1 Å². The van der Waals surface area contributed by atoms with E-state index in [0.29, 0.717) is 11.8 Å². The lowest BCUT2D eigenvalue weighted by molar-refractivity contribution is -0.113. The Balaban J connectivity index is 1.61. The van der Waals surface area contributed by atoms with Crippen LogP contribution in [0.3, 0.4) is 0 Å². The number of aryl methyl sites for hydroxylation is 3. The second kappa shape index (κ2) is 10.6. The molecule has 7 heteroatoms. The van der Waals surface area contributed by atoms with Crippen LogP contribution in [-0.2, 0) is 4.79 Å². The summed E-state index contributed by atoms with van der Waals surface area (Å²) in [6, 6.07) is 22.0. The predicted octanol–water partition coefficient (Wildman–Crippen LogP) is 5.99. The lowest BCUT2D eigenvalue weighted by atomic mass is 10.1. The molecular weight excluding hydrogens is 444 g/mol. The second-order valence-corrected chi connectivity index (χ2v) is 9.09. The average molecular weight is 473 g/mol. The fourth-order valence-electron chi connectivity index (χ4n) is 3.80. The number of rotatable bonds is 8. The Hall–Kier alpha value is -3.58. The first-order valence-electron chi connectivity index (χ1n) is 11.2. The number of nitrogens with zero attached hydrogens (tertiary/aromatic N) is 3. The van der Waals surface area contributed by atoms with Gasteiger partial charge < -0.3 is 10.1 Å². The summed E-state index contributed by atoms with van der Waals surface area (Å²) in [4.78, 5) is 12.7. The zero-order valence-electron chi connectivity index (χ0n) is 19.8. The molecule has 0 aliphatic heterocycles. The van der Waals surface area contributed by atoms with Crippen molar-refractivity contribution in [2.24, 2.45) is 0 Å². The van der Waals surface area contributed by atoms with Crippen molar-refractivity contribution in [3.63, 3.8) is 0 Å². The van der Waals surface area contributed by atoms with E-state index in [2.05, 4.69) is 27.6 Å². The molecule has 3 aromatic carbocycles. The van der Waals surface area contributed by atoms with Crippen LogP contribution in [-0.4, -0.2) is 33.0 Å². The number of hydrogen-bond acceptors (Lipinski definition) is 5. The number of hydrogen-bond donors (Lipinski definition) is 1. The number of carbonyl (C=O) groups is 1. The normalized spacial score (nSPS) is 10.8. The lowest BCUT2D eigenvalue weighted by Crippen LogP contribution is -2.14. The van der Waals surface area contributed by atoms with Gasteiger partial charge in [-0.05, 0) is 81.3 Å². The van der Waals surface area contributed by atoms with E-state index < -0.39 is 0 Å². The standard InChI is InChI=1S/C27H28N4O2S/c1-5-33-24-11-9-23(10-12-24)31-26(21-8-6-7-18(2)14-21)29-30-27(31)34-17-25(32)28-22-15-19(3)13-20(4)16-22/h6-16H,5,17H2,1-4H3,(H,28,32). The topological polar surface area (TPSA) is 69.0 Å². The van der Waals surface area contributed by atoms with E-state index in [1.807, 2.05) is 86.9 Å². The monoisotopic (exact) mass is 472 g/mol. The largest absolute Gasteiger partial charge is 0.494 e. The summed E-state index contributed by atoms with van der Waals surface area (Å²) in [7, 11) is 0. The fourth-order valence-corrected chi connectivity index (χ4v) is 4.55. The number of carbonyl (C=O) groups excluding carboxylic acids is 1. The summed E-state index contributed by atoms with van der Waals surface area (Å²) in [5, 5.41) is 12.5. The minimum Gasteiger partial charge on any atom is -0.494 e. The zero-order chi connectivity index (χ0) is 24.1. The third kappa shape index (κ3) is 5.66. The highest BCUT2D eigenvalue weighted by Crippen LogP contribution is 2.29. The predicted molar refractivity (Wildman–Crippen MR) is 138 cm³/mol. The van der Waals surface area contributed by atoms with E-state index in [4.69, 9.17) is 4.74 Å². The maximum absolute atomic E-state index is 12.7. The van der Waals surface area contributed by atoms with Gasteiger partial charge in [0.25, 0.3) is 0 Å². The minimum atomic E-state index is -0.0895. The van der Waals surface area contributed by atoms with Crippen LogP contribution in [0.5, 0.6) is 5.75 Å². The molecule has 174 valence electrons. The highest BCUT2D eigenvalue weighted by atomic mass is 32.2. The summed E-state index contributed by atoms with van der Waals surface area (Å²) < 4.78 is 7.58. The molecule has 0 spiro atoms. The van der Waals surface area contributed by atoms with Crippen LogP contribution in [0.4, 0.5) is 5.69 Å². The summed E-state index contributed by atoms with van der Waals surface area (Å²) in [6.45, 7) is 8.65. The minimum absolute atomic E-state index is 0.0895. The van der Waals surface area contributed by atoms with Crippen LogP contribution in [0.25, 0.3) is 17.1 Å². The highest BCUT2D eigenvalue weighted by molar-refractivity contribution is 7.99. The van der Waals surface area contributed by atoms with Gasteiger partial charge in [-0.3, -0.25) is 9.36 Å². The molecule has 6 nitrogen and oxygen atoms in total. The van der Waals surface area contributed by atoms with E-state index in [1.54, 1.807) is 0 Å². The Bertz CT molecular complexity index is 1280. The maximum Gasteiger partial charge on any atom is 0.234 e. The lowest BCUT2D eigenvalue weighted by Gasteiger charge is -2.12. The van der Waals surface area contributed by atoms with Gasteiger partial charge >= 0.3 is 0 Å². The molecule has 1 amide bonds. The third-order valence-corrected chi connectivity index (χ3v) is 6.08. The van der Waals surface area contributed by atoms with Crippen molar-refractivity contribution in [1.82, 2.24) is 14.8 Å². The van der Waals surface area contributed by atoms with Crippen molar-refractivity contribution in [3.05, 3.63) is 83.4 Å². The van der Waals surface area contributed by atoms with Crippen LogP contribution in [0.1, 0.15) is 23.6 Å². The molecule has 0 fully saturated rings. The Morgan fingerprint density at radius 3 is 2.35 bits per heavy atom. The van der Waals surface area contributed by atoms with Crippen LogP contribution in [0.2, 0.25) is 0 Å². The van der Waals surface area contributed by atoms with E-state index in [-0.39, 0.29) is 11.7 Å². The molecule has 4 rings (SSSR count). The van der Waals surface area contributed by atoms with E-state index in [0.717, 1.165) is 45.2 Å². The van der Waals surface area contributed by atoms with Crippen molar-refractivity contribution in [3.8, 4) is 22.8 Å². The number of ether oxygens (including phenoxy) is 1. The quantitative estimate of drug-likeness (QED) is 0.319. The van der Waals surface area contributed by atoms with Gasteiger partial charge in [0.2, 0.25) is 5.91 Å². The first-order valence-corrected chi connectivity index (χ1v) is 12.2. The van der Waals surface area contributed by atoms with Gasteiger partial charge in [-0.2, -0.15) is 0 Å². The molecule has 0 saturated carbocycles. The molecule has 0 radical (unpaired) electrons. The average Bonchev–Trinajstić information content (AvgIpc) is 3.22. The van der Waals surface area contributed by atoms with Crippen molar-refractivity contribution in [2.45, 2.75) is 32.9 Å². The maximum atomic E-state index is 12.7. The summed E-state index contributed by atoms with van der Waals surface area (Å²) in [6.07, 6.45) is 0. The summed E-state index contributed by atoms with van der Waals surface area (Å²) in [5.41, 5.74) is 6.04. The van der Waals surface area contributed by atoms with Gasteiger partial charge in [-0.1, -0.05) is 41.6 Å². The Kier molecular flexibility index (Phi) is 7.33. The molecule has 4 aromatic rings. The molecule has 0 aliphatic carbocycles. The number of nitrogens with one attached hydrogen (secondary N) is 1. The first kappa shape index (κ1) is 23.6. The smallest absolute Gasteiger partial charge is 0.234 e. The van der Waals surface area contributed by atoms with Gasteiger partial charge in [-0.15, -0.1) is 10.2 Å². The molecule has 0 bridgehead atoms.